The van der Waals surface area contributed by atoms with Gasteiger partial charge in [0.25, 0.3) is 5.91 Å². The highest BCUT2D eigenvalue weighted by atomic mass is 19.1. The lowest BCUT2D eigenvalue weighted by atomic mass is 10.0. The van der Waals surface area contributed by atoms with Gasteiger partial charge < -0.3 is 26.2 Å². The van der Waals surface area contributed by atoms with E-state index in [1.54, 1.807) is 12.3 Å². The minimum Gasteiger partial charge on any atom is -0.508 e. The number of aliphatic hydroxyl groups excluding tert-OH is 1. The number of nitrogen functional groups attached to an aromatic ring is 1. The van der Waals surface area contributed by atoms with E-state index in [1.165, 1.54) is 22.7 Å². The van der Waals surface area contributed by atoms with Crippen LogP contribution in [0.3, 0.4) is 0 Å². The summed E-state index contributed by atoms with van der Waals surface area (Å²) in [7, 11) is 0. The van der Waals surface area contributed by atoms with Gasteiger partial charge in [-0.2, -0.15) is 0 Å². The first-order chi connectivity index (χ1) is 14.0. The van der Waals surface area contributed by atoms with Crippen molar-refractivity contribution in [1.82, 2.24) is 19.9 Å². The Morgan fingerprint density at radius 2 is 2.21 bits per heavy atom. The number of halogens is 1. The molecule has 1 amide bonds. The van der Waals surface area contributed by atoms with E-state index in [0.717, 1.165) is 12.8 Å². The van der Waals surface area contributed by atoms with Gasteiger partial charge in [0.15, 0.2) is 11.5 Å². The lowest BCUT2D eigenvalue weighted by Crippen LogP contribution is -2.27. The number of anilines is 2. The number of phenols is 1. The first-order valence-corrected chi connectivity index (χ1v) is 9.28. The van der Waals surface area contributed by atoms with E-state index >= 15 is 0 Å². The number of phenolic OH excluding ortho intramolecular Hbond substituents is 1. The molecule has 152 valence electrons. The van der Waals surface area contributed by atoms with Crippen molar-refractivity contribution in [3.05, 3.63) is 47.4 Å². The van der Waals surface area contributed by atoms with Gasteiger partial charge in [-0.05, 0) is 37.1 Å². The van der Waals surface area contributed by atoms with E-state index in [9.17, 15) is 14.3 Å². The molecule has 1 aliphatic rings. The Morgan fingerprint density at radius 1 is 1.38 bits per heavy atom. The number of carbonyl (C=O) groups excluding carboxylic acids is 1. The third-order valence-corrected chi connectivity index (χ3v) is 5.02. The maximum Gasteiger partial charge on any atom is 0.259 e. The molecule has 10 heteroatoms. The van der Waals surface area contributed by atoms with Crippen LogP contribution in [-0.2, 0) is 0 Å². The van der Waals surface area contributed by atoms with Crippen molar-refractivity contribution in [1.29, 1.82) is 0 Å². The molecule has 2 aromatic heterocycles. The molecule has 1 aromatic carbocycles. The lowest BCUT2D eigenvalue weighted by Gasteiger charge is -2.26. The standard InChI is InChI=1S/C19H21FN6O3/c20-11-3-4-14(28)12(10-11)13-2-1-7-25(13)15-5-8-26-18(23-15)16(17(21)24-26)19(29)22-6-9-27/h3-5,8,10,13,27-28H,1-2,6-7,9H2,(H2,21,24)(H,22,29)/t13-/m0/s1. The third kappa shape index (κ3) is 3.42. The second-order valence-electron chi connectivity index (χ2n) is 6.85. The summed E-state index contributed by atoms with van der Waals surface area (Å²) in [4.78, 5) is 19.0. The van der Waals surface area contributed by atoms with E-state index in [0.29, 0.717) is 17.9 Å². The molecule has 1 fully saturated rings. The van der Waals surface area contributed by atoms with Crippen LogP contribution in [0.25, 0.3) is 5.65 Å². The molecule has 0 aliphatic carbocycles. The number of carbonyl (C=O) groups is 1. The summed E-state index contributed by atoms with van der Waals surface area (Å²) in [5.41, 5.74) is 6.81. The van der Waals surface area contributed by atoms with Gasteiger partial charge in [0.05, 0.1) is 12.6 Å². The SMILES string of the molecule is Nc1nn2ccc(N3CCC[C@H]3c3cc(F)ccc3O)nc2c1C(=O)NCCO. The Morgan fingerprint density at radius 3 is 3.00 bits per heavy atom. The first kappa shape index (κ1) is 18.9. The number of aromatic hydroxyl groups is 1. The molecule has 0 radical (unpaired) electrons. The van der Waals surface area contributed by atoms with Crippen LogP contribution in [-0.4, -0.2) is 50.4 Å². The van der Waals surface area contributed by atoms with Crippen LogP contribution < -0.4 is 16.0 Å². The van der Waals surface area contributed by atoms with Gasteiger partial charge in [0.1, 0.15) is 22.9 Å². The van der Waals surface area contributed by atoms with Crippen LogP contribution in [0.4, 0.5) is 16.0 Å². The largest absolute Gasteiger partial charge is 0.508 e. The maximum absolute atomic E-state index is 13.8. The van der Waals surface area contributed by atoms with Crippen LogP contribution in [0.1, 0.15) is 34.8 Å². The summed E-state index contributed by atoms with van der Waals surface area (Å²) in [6.07, 6.45) is 3.23. The van der Waals surface area contributed by atoms with E-state index in [2.05, 4.69) is 15.4 Å². The van der Waals surface area contributed by atoms with Gasteiger partial charge in [-0.3, -0.25) is 4.79 Å². The van der Waals surface area contributed by atoms with Crippen LogP contribution in [0.5, 0.6) is 5.75 Å². The normalized spacial score (nSPS) is 16.5. The molecule has 0 bridgehead atoms. The monoisotopic (exact) mass is 400 g/mol. The number of nitrogens with two attached hydrogens (primary N) is 1. The number of aromatic nitrogens is 3. The Kier molecular flexibility index (Phi) is 4.93. The number of hydrogen-bond donors (Lipinski definition) is 4. The highest BCUT2D eigenvalue weighted by Gasteiger charge is 2.30. The molecular formula is C19H21FN6O3. The summed E-state index contributed by atoms with van der Waals surface area (Å²) in [5.74, 6) is -0.260. The summed E-state index contributed by atoms with van der Waals surface area (Å²) in [6, 6.07) is 5.39. The molecule has 4 rings (SSSR count). The number of amides is 1. The Hall–Kier alpha value is -3.40. The quantitative estimate of drug-likeness (QED) is 0.507. The van der Waals surface area contributed by atoms with Crippen molar-refractivity contribution in [2.75, 3.05) is 30.3 Å². The summed E-state index contributed by atoms with van der Waals surface area (Å²) < 4.78 is 15.2. The minimum atomic E-state index is -0.475. The van der Waals surface area contributed by atoms with Gasteiger partial charge in [0, 0.05) is 24.8 Å². The van der Waals surface area contributed by atoms with Crippen molar-refractivity contribution >= 4 is 23.2 Å². The summed E-state index contributed by atoms with van der Waals surface area (Å²) in [5, 5.41) is 25.8. The number of hydrogen-bond acceptors (Lipinski definition) is 7. The van der Waals surface area contributed by atoms with Gasteiger partial charge >= 0.3 is 0 Å². The smallest absolute Gasteiger partial charge is 0.259 e. The minimum absolute atomic E-state index is 0.0297. The molecule has 1 aliphatic heterocycles. The third-order valence-electron chi connectivity index (χ3n) is 5.02. The number of rotatable bonds is 5. The van der Waals surface area contributed by atoms with E-state index in [-0.39, 0.29) is 42.0 Å². The predicted molar refractivity (Wildman–Crippen MR) is 104 cm³/mol. The average Bonchev–Trinajstić information content (AvgIpc) is 3.31. The molecule has 29 heavy (non-hydrogen) atoms. The second kappa shape index (κ2) is 7.55. The predicted octanol–water partition coefficient (Wildman–Crippen LogP) is 1.22. The van der Waals surface area contributed by atoms with Crippen molar-refractivity contribution in [3.63, 3.8) is 0 Å². The molecule has 0 saturated carbocycles. The molecule has 0 spiro atoms. The van der Waals surface area contributed by atoms with Gasteiger partial charge in [-0.15, -0.1) is 5.10 Å². The molecule has 9 nitrogen and oxygen atoms in total. The second-order valence-corrected chi connectivity index (χ2v) is 6.85. The van der Waals surface area contributed by atoms with E-state index in [1.807, 2.05) is 4.90 Å². The summed E-state index contributed by atoms with van der Waals surface area (Å²) in [6.45, 7) is 0.554. The Balaban J connectivity index is 1.73. The average molecular weight is 400 g/mol. The van der Waals surface area contributed by atoms with Crippen LogP contribution in [0.2, 0.25) is 0 Å². The fourth-order valence-electron chi connectivity index (χ4n) is 3.73. The molecule has 1 saturated heterocycles. The molecule has 5 N–H and O–H groups in total. The van der Waals surface area contributed by atoms with Crippen LogP contribution in [0.15, 0.2) is 30.5 Å². The van der Waals surface area contributed by atoms with Crippen molar-refractivity contribution in [3.8, 4) is 5.75 Å². The van der Waals surface area contributed by atoms with Crippen molar-refractivity contribution in [2.24, 2.45) is 0 Å². The van der Waals surface area contributed by atoms with Gasteiger partial charge in [-0.1, -0.05) is 0 Å². The Bertz CT molecular complexity index is 1070. The Labute approximate surface area is 165 Å². The van der Waals surface area contributed by atoms with Crippen molar-refractivity contribution in [2.45, 2.75) is 18.9 Å². The van der Waals surface area contributed by atoms with E-state index < -0.39 is 11.7 Å². The number of fused-ring (bicyclic) bond motifs is 1. The molecule has 3 aromatic rings. The first-order valence-electron chi connectivity index (χ1n) is 9.28. The fraction of sp³-hybridized carbons (Fsp3) is 0.316. The van der Waals surface area contributed by atoms with Gasteiger partial charge in [0.2, 0.25) is 0 Å². The highest BCUT2D eigenvalue weighted by molar-refractivity contribution is 6.04. The number of benzene rings is 1. The number of nitrogens with zero attached hydrogens (tertiary/aromatic N) is 4. The maximum atomic E-state index is 13.8. The topological polar surface area (TPSA) is 129 Å². The van der Waals surface area contributed by atoms with Crippen molar-refractivity contribution < 1.29 is 19.4 Å². The van der Waals surface area contributed by atoms with E-state index in [4.69, 9.17) is 10.8 Å². The molecule has 3 heterocycles. The number of aliphatic hydroxyl groups is 1. The molecule has 0 unspecified atom stereocenters. The van der Waals surface area contributed by atoms with Crippen LogP contribution in [0, 0.1) is 5.82 Å². The van der Waals surface area contributed by atoms with Gasteiger partial charge in [-0.25, -0.2) is 13.9 Å². The highest BCUT2D eigenvalue weighted by Crippen LogP contribution is 2.39. The number of nitrogens with one attached hydrogen (secondary N) is 1. The molecular weight excluding hydrogens is 379 g/mol. The van der Waals surface area contributed by atoms with Crippen LogP contribution >= 0.6 is 0 Å². The molecule has 1 atom stereocenters. The lowest BCUT2D eigenvalue weighted by molar-refractivity contribution is 0.0947. The zero-order chi connectivity index (χ0) is 20.5. The fourth-order valence-corrected chi connectivity index (χ4v) is 3.73. The zero-order valence-electron chi connectivity index (χ0n) is 15.5. The zero-order valence-corrected chi connectivity index (χ0v) is 15.5. The summed E-state index contributed by atoms with van der Waals surface area (Å²) >= 11 is 0.